The van der Waals surface area contributed by atoms with Crippen LogP contribution in [0, 0.1) is 0 Å². The Morgan fingerprint density at radius 1 is 1.40 bits per heavy atom. The Balaban J connectivity index is 2.23. The third-order valence-corrected chi connectivity index (χ3v) is 2.92. The summed E-state index contributed by atoms with van der Waals surface area (Å²) < 4.78 is 6.78. The Labute approximate surface area is 117 Å². The molecule has 0 fully saturated rings. The third kappa shape index (κ3) is 2.88. The highest BCUT2D eigenvalue weighted by atomic mass is 16.5. The summed E-state index contributed by atoms with van der Waals surface area (Å²) in [4.78, 5) is 12.3. The van der Waals surface area contributed by atoms with Gasteiger partial charge < -0.3 is 10.5 Å². The Kier molecular flexibility index (Phi) is 4.20. The van der Waals surface area contributed by atoms with Crippen LogP contribution in [-0.4, -0.2) is 22.7 Å². The van der Waals surface area contributed by atoms with Crippen molar-refractivity contribution >= 4 is 17.5 Å². The number of ketones is 1. The van der Waals surface area contributed by atoms with E-state index in [0.717, 1.165) is 5.56 Å². The molecule has 5 nitrogen and oxygen atoms in total. The molecule has 0 amide bonds. The van der Waals surface area contributed by atoms with Gasteiger partial charge in [0.15, 0.2) is 11.4 Å². The molecule has 0 saturated carbocycles. The van der Waals surface area contributed by atoms with Gasteiger partial charge in [0.25, 0.3) is 0 Å². The molecular formula is C15H17N3O2. The number of nitrogens with zero attached hydrogens (tertiary/aromatic N) is 2. The molecule has 0 unspecified atom stereocenters. The van der Waals surface area contributed by atoms with E-state index in [1.807, 2.05) is 19.1 Å². The van der Waals surface area contributed by atoms with Crippen LogP contribution in [0.4, 0.5) is 5.69 Å². The molecule has 1 heterocycles. The van der Waals surface area contributed by atoms with Crippen molar-refractivity contribution in [3.05, 3.63) is 47.8 Å². The van der Waals surface area contributed by atoms with Gasteiger partial charge in [-0.3, -0.25) is 9.48 Å². The van der Waals surface area contributed by atoms with Gasteiger partial charge >= 0.3 is 0 Å². The lowest BCUT2D eigenvalue weighted by atomic mass is 10.1. The summed E-state index contributed by atoms with van der Waals surface area (Å²) in [7, 11) is 1.53. The van der Waals surface area contributed by atoms with E-state index in [2.05, 4.69) is 5.10 Å². The SMILES string of the molecule is CCn1ncc(OC)c1C(=O)/C=C/c1ccc(N)cc1. The van der Waals surface area contributed by atoms with Crippen LogP contribution in [0.5, 0.6) is 5.75 Å². The first-order valence-corrected chi connectivity index (χ1v) is 6.33. The number of nitrogen functional groups attached to an aromatic ring is 1. The third-order valence-electron chi connectivity index (χ3n) is 2.92. The van der Waals surface area contributed by atoms with Crippen LogP contribution in [0.2, 0.25) is 0 Å². The molecule has 5 heteroatoms. The summed E-state index contributed by atoms with van der Waals surface area (Å²) in [6, 6.07) is 7.29. The molecule has 0 atom stereocenters. The maximum atomic E-state index is 12.3. The highest BCUT2D eigenvalue weighted by molar-refractivity contribution is 6.07. The number of hydrogen-bond donors (Lipinski definition) is 1. The van der Waals surface area contributed by atoms with Gasteiger partial charge in [0.05, 0.1) is 13.3 Å². The summed E-state index contributed by atoms with van der Waals surface area (Å²) >= 11 is 0. The summed E-state index contributed by atoms with van der Waals surface area (Å²) in [6.45, 7) is 2.53. The van der Waals surface area contributed by atoms with E-state index >= 15 is 0 Å². The fraction of sp³-hybridized carbons (Fsp3) is 0.200. The number of ether oxygens (including phenoxy) is 1. The van der Waals surface area contributed by atoms with E-state index in [1.165, 1.54) is 13.2 Å². The number of benzene rings is 1. The van der Waals surface area contributed by atoms with E-state index in [-0.39, 0.29) is 5.78 Å². The van der Waals surface area contributed by atoms with Gasteiger partial charge in [-0.25, -0.2) is 0 Å². The first kappa shape index (κ1) is 13.9. The number of hydrogen-bond acceptors (Lipinski definition) is 4. The highest BCUT2D eigenvalue weighted by Crippen LogP contribution is 2.19. The smallest absolute Gasteiger partial charge is 0.207 e. The quantitative estimate of drug-likeness (QED) is 0.515. The molecule has 0 radical (unpaired) electrons. The van der Waals surface area contributed by atoms with E-state index in [0.29, 0.717) is 23.7 Å². The molecule has 1 aromatic heterocycles. The van der Waals surface area contributed by atoms with E-state index in [4.69, 9.17) is 10.5 Å². The lowest BCUT2D eigenvalue weighted by Crippen LogP contribution is -2.08. The number of carbonyl (C=O) groups is 1. The van der Waals surface area contributed by atoms with Gasteiger partial charge in [0.2, 0.25) is 5.78 Å². The summed E-state index contributed by atoms with van der Waals surface area (Å²) in [5.41, 5.74) is 7.68. The van der Waals surface area contributed by atoms with Crippen molar-refractivity contribution in [2.75, 3.05) is 12.8 Å². The molecule has 20 heavy (non-hydrogen) atoms. The van der Waals surface area contributed by atoms with Crippen LogP contribution in [0.3, 0.4) is 0 Å². The predicted molar refractivity (Wildman–Crippen MR) is 78.7 cm³/mol. The Morgan fingerprint density at radius 2 is 2.10 bits per heavy atom. The molecule has 104 valence electrons. The molecule has 0 bridgehead atoms. The van der Waals surface area contributed by atoms with Crippen LogP contribution >= 0.6 is 0 Å². The zero-order chi connectivity index (χ0) is 14.5. The fourth-order valence-corrected chi connectivity index (χ4v) is 1.86. The highest BCUT2D eigenvalue weighted by Gasteiger charge is 2.16. The van der Waals surface area contributed by atoms with Crippen molar-refractivity contribution in [2.24, 2.45) is 0 Å². The summed E-state index contributed by atoms with van der Waals surface area (Å²) in [5.74, 6) is 0.344. The van der Waals surface area contributed by atoms with Crippen LogP contribution in [0.15, 0.2) is 36.5 Å². The number of allylic oxidation sites excluding steroid dienone is 1. The largest absolute Gasteiger partial charge is 0.493 e. The number of carbonyl (C=O) groups excluding carboxylic acids is 1. The Bertz CT molecular complexity index is 606. The van der Waals surface area contributed by atoms with Crippen LogP contribution in [-0.2, 0) is 6.54 Å². The lowest BCUT2D eigenvalue weighted by Gasteiger charge is -2.03. The zero-order valence-electron chi connectivity index (χ0n) is 11.5. The van der Waals surface area contributed by atoms with Crippen molar-refractivity contribution in [3.63, 3.8) is 0 Å². The average molecular weight is 271 g/mol. The zero-order valence-corrected chi connectivity index (χ0v) is 11.5. The molecular weight excluding hydrogens is 254 g/mol. The molecule has 2 aromatic rings. The van der Waals surface area contributed by atoms with E-state index in [1.54, 1.807) is 29.1 Å². The fourth-order valence-electron chi connectivity index (χ4n) is 1.86. The number of anilines is 1. The van der Waals surface area contributed by atoms with E-state index < -0.39 is 0 Å². The van der Waals surface area contributed by atoms with Crippen LogP contribution < -0.4 is 10.5 Å². The number of nitrogens with two attached hydrogens (primary N) is 1. The number of methoxy groups -OCH3 is 1. The number of aromatic nitrogens is 2. The normalized spacial score (nSPS) is 10.9. The van der Waals surface area contributed by atoms with Gasteiger partial charge in [-0.1, -0.05) is 18.2 Å². The second kappa shape index (κ2) is 6.06. The molecule has 2 N–H and O–H groups in total. The monoisotopic (exact) mass is 271 g/mol. The van der Waals surface area contributed by atoms with Crippen molar-refractivity contribution < 1.29 is 9.53 Å². The predicted octanol–water partition coefficient (Wildman–Crippen LogP) is 2.39. The first-order valence-electron chi connectivity index (χ1n) is 6.33. The molecule has 0 saturated heterocycles. The molecule has 0 aliphatic rings. The van der Waals surface area contributed by atoms with Crippen molar-refractivity contribution in [2.45, 2.75) is 13.5 Å². The van der Waals surface area contributed by atoms with Gasteiger partial charge in [-0.2, -0.15) is 5.10 Å². The maximum Gasteiger partial charge on any atom is 0.207 e. The minimum absolute atomic E-state index is 0.141. The first-order chi connectivity index (χ1) is 9.65. The number of rotatable bonds is 5. The Hall–Kier alpha value is -2.56. The van der Waals surface area contributed by atoms with Gasteiger partial charge in [-0.15, -0.1) is 0 Å². The van der Waals surface area contributed by atoms with Crippen LogP contribution in [0.1, 0.15) is 23.0 Å². The molecule has 0 spiro atoms. The van der Waals surface area contributed by atoms with Crippen molar-refractivity contribution in [1.82, 2.24) is 9.78 Å². The minimum atomic E-state index is -0.141. The Morgan fingerprint density at radius 3 is 2.70 bits per heavy atom. The summed E-state index contributed by atoms with van der Waals surface area (Å²) in [5, 5.41) is 4.11. The summed E-state index contributed by atoms with van der Waals surface area (Å²) in [6.07, 6.45) is 4.80. The second-order valence-electron chi connectivity index (χ2n) is 4.24. The van der Waals surface area contributed by atoms with Crippen molar-refractivity contribution in [3.8, 4) is 5.75 Å². The molecule has 0 aliphatic heterocycles. The molecule has 1 aromatic carbocycles. The van der Waals surface area contributed by atoms with Crippen LogP contribution in [0.25, 0.3) is 6.08 Å². The second-order valence-corrected chi connectivity index (χ2v) is 4.24. The number of aryl methyl sites for hydroxylation is 1. The maximum absolute atomic E-state index is 12.3. The van der Waals surface area contributed by atoms with Gasteiger partial charge in [-0.05, 0) is 30.7 Å². The molecule has 0 aliphatic carbocycles. The molecule has 2 rings (SSSR count). The lowest BCUT2D eigenvalue weighted by molar-refractivity contribution is 0.103. The van der Waals surface area contributed by atoms with Gasteiger partial charge in [0.1, 0.15) is 0 Å². The standard InChI is InChI=1S/C15H17N3O2/c1-3-18-15(14(20-2)10-17-18)13(19)9-6-11-4-7-12(16)8-5-11/h4-10H,3,16H2,1-2H3/b9-6+. The van der Waals surface area contributed by atoms with E-state index in [9.17, 15) is 4.79 Å². The topological polar surface area (TPSA) is 70.1 Å². The average Bonchev–Trinajstić information content (AvgIpc) is 2.89. The minimum Gasteiger partial charge on any atom is -0.493 e. The van der Waals surface area contributed by atoms with Gasteiger partial charge in [0, 0.05) is 12.2 Å². The van der Waals surface area contributed by atoms with Crippen molar-refractivity contribution in [1.29, 1.82) is 0 Å².